The Bertz CT molecular complexity index is 333. The van der Waals surface area contributed by atoms with Crippen molar-refractivity contribution in [1.29, 1.82) is 0 Å². The first-order chi connectivity index (χ1) is 8.33. The Morgan fingerprint density at radius 2 is 1.88 bits per heavy atom. The number of benzene rings is 1. The molecule has 0 aromatic heterocycles. The van der Waals surface area contributed by atoms with Gasteiger partial charge in [-0.05, 0) is 36.3 Å². The van der Waals surface area contributed by atoms with Gasteiger partial charge in [-0.15, -0.1) is 0 Å². The molecule has 0 heterocycles. The summed E-state index contributed by atoms with van der Waals surface area (Å²) in [7, 11) is 0. The molecule has 1 aliphatic rings. The average Bonchev–Trinajstić information content (AvgIpc) is 2.84. The zero-order valence-corrected chi connectivity index (χ0v) is 10.7. The molecule has 1 aromatic rings. The predicted molar refractivity (Wildman–Crippen MR) is 70.9 cm³/mol. The van der Waals surface area contributed by atoms with Gasteiger partial charge >= 0.3 is 0 Å². The van der Waals surface area contributed by atoms with Gasteiger partial charge in [0.25, 0.3) is 0 Å². The van der Waals surface area contributed by atoms with Crippen molar-refractivity contribution in [1.82, 2.24) is 5.32 Å². The standard InChI is InChI=1S/C15H23NO/c1-2-12-6-8-13(9-7-12)10-16-15-5-3-4-14(15)11-17/h6-9,14-17H,2-5,10-11H2,1H3. The van der Waals surface area contributed by atoms with E-state index in [0.717, 1.165) is 13.0 Å². The largest absolute Gasteiger partial charge is 0.396 e. The van der Waals surface area contributed by atoms with E-state index in [4.69, 9.17) is 0 Å². The van der Waals surface area contributed by atoms with E-state index in [0.29, 0.717) is 18.6 Å². The summed E-state index contributed by atoms with van der Waals surface area (Å²) in [5.41, 5.74) is 2.73. The van der Waals surface area contributed by atoms with Gasteiger partial charge in [-0.1, -0.05) is 37.6 Å². The van der Waals surface area contributed by atoms with Crippen LogP contribution in [0.5, 0.6) is 0 Å². The van der Waals surface area contributed by atoms with Crippen molar-refractivity contribution < 1.29 is 5.11 Å². The molecule has 2 heteroatoms. The minimum Gasteiger partial charge on any atom is -0.396 e. The fourth-order valence-electron chi connectivity index (χ4n) is 2.67. The number of rotatable bonds is 5. The molecular weight excluding hydrogens is 210 g/mol. The Balaban J connectivity index is 1.84. The van der Waals surface area contributed by atoms with E-state index in [1.165, 1.54) is 30.4 Å². The van der Waals surface area contributed by atoms with E-state index in [-0.39, 0.29) is 0 Å². The van der Waals surface area contributed by atoms with Crippen molar-refractivity contribution in [3.8, 4) is 0 Å². The SMILES string of the molecule is CCc1ccc(CNC2CCCC2CO)cc1. The van der Waals surface area contributed by atoms with E-state index in [1.807, 2.05) is 0 Å². The lowest BCUT2D eigenvalue weighted by Crippen LogP contribution is -2.33. The van der Waals surface area contributed by atoms with Crippen LogP contribution in [0.2, 0.25) is 0 Å². The van der Waals surface area contributed by atoms with Crippen LogP contribution in [0, 0.1) is 5.92 Å². The Labute approximate surface area is 104 Å². The quantitative estimate of drug-likeness (QED) is 0.819. The smallest absolute Gasteiger partial charge is 0.0474 e. The van der Waals surface area contributed by atoms with E-state index < -0.39 is 0 Å². The van der Waals surface area contributed by atoms with Gasteiger partial charge < -0.3 is 10.4 Å². The second-order valence-electron chi connectivity index (χ2n) is 5.03. The third kappa shape index (κ3) is 3.30. The van der Waals surface area contributed by atoms with Crippen LogP contribution in [0.4, 0.5) is 0 Å². The predicted octanol–water partition coefficient (Wildman–Crippen LogP) is 2.50. The summed E-state index contributed by atoms with van der Waals surface area (Å²) >= 11 is 0. The van der Waals surface area contributed by atoms with Crippen molar-refractivity contribution in [3.63, 3.8) is 0 Å². The van der Waals surface area contributed by atoms with Crippen LogP contribution in [0.25, 0.3) is 0 Å². The molecule has 1 aromatic carbocycles. The number of hydrogen-bond donors (Lipinski definition) is 2. The Hall–Kier alpha value is -0.860. The van der Waals surface area contributed by atoms with Crippen LogP contribution in [-0.4, -0.2) is 17.8 Å². The summed E-state index contributed by atoms with van der Waals surface area (Å²) in [6.07, 6.45) is 4.72. The molecule has 1 fully saturated rings. The molecule has 0 amide bonds. The number of aliphatic hydroxyl groups excluding tert-OH is 1. The summed E-state index contributed by atoms with van der Waals surface area (Å²) in [6.45, 7) is 3.43. The lowest BCUT2D eigenvalue weighted by atomic mass is 10.0. The zero-order chi connectivity index (χ0) is 12.1. The Morgan fingerprint density at radius 1 is 1.18 bits per heavy atom. The highest BCUT2D eigenvalue weighted by atomic mass is 16.3. The topological polar surface area (TPSA) is 32.3 Å². The third-order valence-corrected chi connectivity index (χ3v) is 3.89. The molecule has 0 aliphatic heterocycles. The number of aryl methyl sites for hydroxylation is 1. The molecule has 2 N–H and O–H groups in total. The molecule has 0 radical (unpaired) electrons. The van der Waals surface area contributed by atoms with Gasteiger partial charge in [0.05, 0.1) is 0 Å². The second kappa shape index (κ2) is 6.18. The van der Waals surface area contributed by atoms with Gasteiger partial charge in [0.2, 0.25) is 0 Å². The monoisotopic (exact) mass is 233 g/mol. The van der Waals surface area contributed by atoms with Crippen LogP contribution < -0.4 is 5.32 Å². The fourth-order valence-corrected chi connectivity index (χ4v) is 2.67. The molecule has 94 valence electrons. The first-order valence-corrected chi connectivity index (χ1v) is 6.75. The normalized spacial score (nSPS) is 24.1. The van der Waals surface area contributed by atoms with E-state index >= 15 is 0 Å². The lowest BCUT2D eigenvalue weighted by Gasteiger charge is -2.19. The van der Waals surface area contributed by atoms with Crippen molar-refractivity contribution in [2.45, 2.75) is 45.2 Å². The molecule has 17 heavy (non-hydrogen) atoms. The van der Waals surface area contributed by atoms with Crippen molar-refractivity contribution in [2.75, 3.05) is 6.61 Å². The molecule has 0 saturated heterocycles. The van der Waals surface area contributed by atoms with Crippen molar-refractivity contribution in [2.24, 2.45) is 5.92 Å². The van der Waals surface area contributed by atoms with E-state index in [1.54, 1.807) is 0 Å². The average molecular weight is 233 g/mol. The van der Waals surface area contributed by atoms with Gasteiger partial charge in [0.1, 0.15) is 0 Å². The first-order valence-electron chi connectivity index (χ1n) is 6.75. The minimum absolute atomic E-state index is 0.326. The molecule has 2 rings (SSSR count). The van der Waals surface area contributed by atoms with Gasteiger partial charge in [-0.25, -0.2) is 0 Å². The minimum atomic E-state index is 0.326. The van der Waals surface area contributed by atoms with E-state index in [2.05, 4.69) is 36.5 Å². The maximum atomic E-state index is 9.26. The molecule has 0 spiro atoms. The summed E-state index contributed by atoms with van der Waals surface area (Å²) in [4.78, 5) is 0. The molecule has 2 nitrogen and oxygen atoms in total. The number of hydrogen-bond acceptors (Lipinski definition) is 2. The third-order valence-electron chi connectivity index (χ3n) is 3.89. The summed E-state index contributed by atoms with van der Waals surface area (Å²) in [6, 6.07) is 9.32. The van der Waals surface area contributed by atoms with Crippen LogP contribution in [0.3, 0.4) is 0 Å². The summed E-state index contributed by atoms with van der Waals surface area (Å²) in [5, 5.41) is 12.8. The van der Waals surface area contributed by atoms with E-state index in [9.17, 15) is 5.11 Å². The maximum absolute atomic E-state index is 9.26. The Kier molecular flexibility index (Phi) is 4.57. The van der Waals surface area contributed by atoms with Gasteiger partial charge in [-0.3, -0.25) is 0 Å². The number of nitrogens with one attached hydrogen (secondary N) is 1. The lowest BCUT2D eigenvalue weighted by molar-refractivity contribution is 0.205. The summed E-state index contributed by atoms with van der Waals surface area (Å²) < 4.78 is 0. The van der Waals surface area contributed by atoms with Crippen molar-refractivity contribution in [3.05, 3.63) is 35.4 Å². The molecule has 1 saturated carbocycles. The highest BCUT2D eigenvalue weighted by Crippen LogP contribution is 2.25. The van der Waals surface area contributed by atoms with Crippen molar-refractivity contribution >= 4 is 0 Å². The van der Waals surface area contributed by atoms with Crippen LogP contribution in [-0.2, 0) is 13.0 Å². The highest BCUT2D eigenvalue weighted by Gasteiger charge is 2.25. The second-order valence-corrected chi connectivity index (χ2v) is 5.03. The van der Waals surface area contributed by atoms with Crippen LogP contribution in [0.1, 0.15) is 37.3 Å². The molecule has 2 unspecified atom stereocenters. The van der Waals surface area contributed by atoms with Gasteiger partial charge in [-0.2, -0.15) is 0 Å². The molecule has 2 atom stereocenters. The van der Waals surface area contributed by atoms with Gasteiger partial charge in [0.15, 0.2) is 0 Å². The highest BCUT2D eigenvalue weighted by molar-refractivity contribution is 5.22. The summed E-state index contributed by atoms with van der Waals surface area (Å²) in [5.74, 6) is 0.463. The van der Waals surface area contributed by atoms with Crippen LogP contribution >= 0.6 is 0 Å². The first kappa shape index (κ1) is 12.6. The number of aliphatic hydroxyl groups is 1. The van der Waals surface area contributed by atoms with Crippen LogP contribution in [0.15, 0.2) is 24.3 Å². The fraction of sp³-hybridized carbons (Fsp3) is 0.600. The molecule has 1 aliphatic carbocycles. The maximum Gasteiger partial charge on any atom is 0.0474 e. The van der Waals surface area contributed by atoms with Gasteiger partial charge in [0, 0.05) is 19.2 Å². The Morgan fingerprint density at radius 3 is 2.53 bits per heavy atom. The molecular formula is C15H23NO. The molecule has 0 bridgehead atoms. The zero-order valence-electron chi connectivity index (χ0n) is 10.7.